The number of hydrogen-bond acceptors (Lipinski definition) is 6. The number of aromatic carboxylic acids is 1. The lowest BCUT2D eigenvalue weighted by atomic mass is 9.99. The summed E-state index contributed by atoms with van der Waals surface area (Å²) in [5.41, 5.74) is 5.03. The van der Waals surface area contributed by atoms with Crippen LogP contribution in [-0.2, 0) is 6.42 Å². The van der Waals surface area contributed by atoms with Crippen LogP contribution in [0.15, 0.2) is 42.9 Å². The zero-order chi connectivity index (χ0) is 20.4. The van der Waals surface area contributed by atoms with Gasteiger partial charge in [0.25, 0.3) is 0 Å². The molecule has 29 heavy (non-hydrogen) atoms. The lowest BCUT2D eigenvalue weighted by Crippen LogP contribution is -2.22. The molecule has 1 aliphatic rings. The number of aromatic nitrogens is 4. The van der Waals surface area contributed by atoms with Gasteiger partial charge in [0.1, 0.15) is 0 Å². The molecule has 0 saturated carbocycles. The van der Waals surface area contributed by atoms with Crippen LogP contribution < -0.4 is 4.90 Å². The molecule has 0 amide bonds. The van der Waals surface area contributed by atoms with E-state index in [1.54, 1.807) is 18.5 Å². The van der Waals surface area contributed by atoms with Crippen LogP contribution in [-0.4, -0.2) is 44.1 Å². The first-order chi connectivity index (χ1) is 14.0. The average Bonchev–Trinajstić information content (AvgIpc) is 3.17. The van der Waals surface area contributed by atoms with Crippen molar-refractivity contribution in [2.45, 2.75) is 26.7 Å². The molecule has 7 heteroatoms. The number of rotatable bonds is 5. The molecule has 148 valence electrons. The van der Waals surface area contributed by atoms with Crippen molar-refractivity contribution in [2.75, 3.05) is 18.0 Å². The van der Waals surface area contributed by atoms with Crippen LogP contribution in [0.3, 0.4) is 0 Å². The van der Waals surface area contributed by atoms with Gasteiger partial charge in [-0.1, -0.05) is 0 Å². The number of carbonyl (C=O) groups is 1. The fourth-order valence-corrected chi connectivity index (χ4v) is 3.84. The predicted octanol–water partition coefficient (Wildman–Crippen LogP) is 3.32. The molecule has 0 aliphatic carbocycles. The van der Waals surface area contributed by atoms with Crippen LogP contribution in [0.4, 0.5) is 5.95 Å². The van der Waals surface area contributed by atoms with Gasteiger partial charge in [0.2, 0.25) is 5.95 Å². The van der Waals surface area contributed by atoms with E-state index in [2.05, 4.69) is 25.9 Å². The lowest BCUT2D eigenvalue weighted by molar-refractivity contribution is 0.0696. The van der Waals surface area contributed by atoms with E-state index in [9.17, 15) is 4.79 Å². The van der Waals surface area contributed by atoms with Gasteiger partial charge in [-0.15, -0.1) is 0 Å². The number of carboxylic acid groups (broad SMARTS) is 1. The van der Waals surface area contributed by atoms with E-state index in [-0.39, 0.29) is 5.56 Å². The van der Waals surface area contributed by atoms with E-state index in [1.807, 2.05) is 26.0 Å². The van der Waals surface area contributed by atoms with E-state index >= 15 is 0 Å². The highest BCUT2D eigenvalue weighted by molar-refractivity contribution is 5.87. The second-order valence-corrected chi connectivity index (χ2v) is 7.52. The van der Waals surface area contributed by atoms with Gasteiger partial charge in [0, 0.05) is 48.6 Å². The molecular weight excluding hydrogens is 366 g/mol. The summed E-state index contributed by atoms with van der Waals surface area (Å²) in [6.07, 6.45) is 6.74. The first-order valence-corrected chi connectivity index (χ1v) is 9.69. The van der Waals surface area contributed by atoms with Crippen molar-refractivity contribution in [3.8, 4) is 11.3 Å². The monoisotopic (exact) mass is 389 g/mol. The largest absolute Gasteiger partial charge is 0.478 e. The Labute approximate surface area is 169 Å². The molecule has 7 nitrogen and oxygen atoms in total. The molecule has 1 aliphatic heterocycles. The van der Waals surface area contributed by atoms with E-state index in [1.165, 1.54) is 6.20 Å². The van der Waals surface area contributed by atoms with Crippen molar-refractivity contribution in [1.82, 2.24) is 19.9 Å². The lowest BCUT2D eigenvalue weighted by Gasteiger charge is -2.17. The van der Waals surface area contributed by atoms with Crippen molar-refractivity contribution in [3.05, 3.63) is 65.4 Å². The van der Waals surface area contributed by atoms with Gasteiger partial charge in [0.15, 0.2) is 0 Å². The Bertz CT molecular complexity index is 1050. The minimum absolute atomic E-state index is 0.232. The molecular formula is C22H23N5O2. The number of carboxylic acids is 1. The molecule has 4 rings (SSSR count). The molecule has 3 aromatic heterocycles. The Hall–Kier alpha value is -3.35. The quantitative estimate of drug-likeness (QED) is 0.715. The number of hydrogen-bond donors (Lipinski definition) is 1. The Kier molecular flexibility index (Phi) is 5.20. The fourth-order valence-electron chi connectivity index (χ4n) is 3.84. The minimum atomic E-state index is -0.946. The molecule has 1 fully saturated rings. The first kappa shape index (κ1) is 19.0. The number of anilines is 1. The summed E-state index contributed by atoms with van der Waals surface area (Å²) in [6, 6.07) is 7.68. The van der Waals surface area contributed by atoms with Gasteiger partial charge in [-0.2, -0.15) is 0 Å². The van der Waals surface area contributed by atoms with E-state index in [4.69, 9.17) is 10.1 Å². The Morgan fingerprint density at radius 1 is 1.21 bits per heavy atom. The topological polar surface area (TPSA) is 92.1 Å². The minimum Gasteiger partial charge on any atom is -0.478 e. The third-order valence-electron chi connectivity index (χ3n) is 5.28. The maximum atomic E-state index is 11.1. The van der Waals surface area contributed by atoms with Crippen LogP contribution in [0.25, 0.3) is 11.3 Å². The van der Waals surface area contributed by atoms with E-state index < -0.39 is 5.97 Å². The smallest absolute Gasteiger partial charge is 0.337 e. The molecule has 1 saturated heterocycles. The molecule has 0 radical (unpaired) electrons. The fraction of sp³-hybridized carbons (Fsp3) is 0.318. The Morgan fingerprint density at radius 2 is 2.07 bits per heavy atom. The summed E-state index contributed by atoms with van der Waals surface area (Å²) in [5.74, 6) is 0.191. The highest BCUT2D eigenvalue weighted by Crippen LogP contribution is 2.26. The van der Waals surface area contributed by atoms with Crippen LogP contribution in [0.5, 0.6) is 0 Å². The standard InChI is InChI=1S/C22H23N5O2/c1-14-3-4-19(15(2)25-14)20-5-7-24-22(26-20)27-8-6-16(13-27)9-17-10-18(21(28)29)12-23-11-17/h3-5,7,10-12,16H,6,8-9,13H2,1-2H3,(H,28,29). The second-order valence-electron chi connectivity index (χ2n) is 7.52. The normalized spacial score (nSPS) is 16.2. The third kappa shape index (κ3) is 4.23. The third-order valence-corrected chi connectivity index (χ3v) is 5.28. The van der Waals surface area contributed by atoms with Crippen molar-refractivity contribution in [1.29, 1.82) is 0 Å². The van der Waals surface area contributed by atoms with Crippen molar-refractivity contribution >= 4 is 11.9 Å². The van der Waals surface area contributed by atoms with Gasteiger partial charge in [-0.25, -0.2) is 14.8 Å². The van der Waals surface area contributed by atoms with Crippen molar-refractivity contribution < 1.29 is 9.90 Å². The van der Waals surface area contributed by atoms with Gasteiger partial charge in [-0.05, 0) is 62.4 Å². The van der Waals surface area contributed by atoms with Crippen LogP contribution in [0.1, 0.15) is 33.7 Å². The summed E-state index contributed by atoms with van der Waals surface area (Å²) in [5, 5.41) is 9.15. The Balaban J connectivity index is 1.48. The Morgan fingerprint density at radius 3 is 2.86 bits per heavy atom. The van der Waals surface area contributed by atoms with Gasteiger partial charge >= 0.3 is 5.97 Å². The van der Waals surface area contributed by atoms with Crippen molar-refractivity contribution in [3.63, 3.8) is 0 Å². The first-order valence-electron chi connectivity index (χ1n) is 9.69. The van der Waals surface area contributed by atoms with Gasteiger partial charge < -0.3 is 10.0 Å². The molecule has 0 aromatic carbocycles. The van der Waals surface area contributed by atoms with E-state index in [0.29, 0.717) is 5.92 Å². The zero-order valence-corrected chi connectivity index (χ0v) is 16.5. The molecule has 3 aromatic rings. The highest BCUT2D eigenvalue weighted by atomic mass is 16.4. The number of nitrogens with zero attached hydrogens (tertiary/aromatic N) is 5. The van der Waals surface area contributed by atoms with Gasteiger partial charge in [0.05, 0.1) is 11.3 Å². The SMILES string of the molecule is Cc1ccc(-c2ccnc(N3CCC(Cc4cncc(C(=O)O)c4)C3)n2)c(C)n1. The summed E-state index contributed by atoms with van der Waals surface area (Å²) in [4.78, 5) is 31.2. The number of pyridine rings is 2. The summed E-state index contributed by atoms with van der Waals surface area (Å²) in [7, 11) is 0. The molecule has 1 atom stereocenters. The van der Waals surface area contributed by atoms with Crippen LogP contribution >= 0.6 is 0 Å². The summed E-state index contributed by atoms with van der Waals surface area (Å²) >= 11 is 0. The van der Waals surface area contributed by atoms with Crippen LogP contribution in [0.2, 0.25) is 0 Å². The maximum Gasteiger partial charge on any atom is 0.337 e. The summed E-state index contributed by atoms with van der Waals surface area (Å²) in [6.45, 7) is 5.70. The van der Waals surface area contributed by atoms with E-state index in [0.717, 1.165) is 60.1 Å². The predicted molar refractivity (Wildman–Crippen MR) is 110 cm³/mol. The second kappa shape index (κ2) is 7.95. The molecule has 4 heterocycles. The van der Waals surface area contributed by atoms with Crippen molar-refractivity contribution in [2.24, 2.45) is 5.92 Å². The van der Waals surface area contributed by atoms with Gasteiger partial charge in [-0.3, -0.25) is 9.97 Å². The molecule has 0 bridgehead atoms. The summed E-state index contributed by atoms with van der Waals surface area (Å²) < 4.78 is 0. The maximum absolute atomic E-state index is 11.1. The molecule has 1 N–H and O–H groups in total. The molecule has 0 spiro atoms. The van der Waals surface area contributed by atoms with Crippen LogP contribution in [0, 0.1) is 19.8 Å². The zero-order valence-electron chi connectivity index (χ0n) is 16.5. The molecule has 1 unspecified atom stereocenters. The highest BCUT2D eigenvalue weighted by Gasteiger charge is 2.25. The number of aryl methyl sites for hydroxylation is 2. The average molecular weight is 389 g/mol.